The number of aldehydes is 1. The van der Waals surface area contributed by atoms with Crippen molar-refractivity contribution in [3.63, 3.8) is 0 Å². The van der Waals surface area contributed by atoms with E-state index in [9.17, 15) is 9.59 Å². The first-order valence-corrected chi connectivity index (χ1v) is 13.0. The van der Waals surface area contributed by atoms with Crippen LogP contribution in [0.2, 0.25) is 0 Å². The number of ether oxygens (including phenoxy) is 1. The Morgan fingerprint density at radius 1 is 1.24 bits per heavy atom. The molecule has 0 amide bonds. The zero-order chi connectivity index (χ0) is 24.6. The average Bonchev–Trinajstić information content (AvgIpc) is 2.79. The zero-order valence-electron chi connectivity index (χ0n) is 20.5. The van der Waals surface area contributed by atoms with Gasteiger partial charge in [0.15, 0.2) is 5.75 Å². The standard InChI is InChI=1S/C19H27BrN2O3.C7H10N2/c1-13-7-14-9-15(8-13)11-19(2,10-14)3-6-25-16-12-21-22(4-5-23)18(24)17(16)20;1-8-6-7-2-4-9-5-3-7/h5,12-15H,3-4,6-11H2,1-2H3;2-5,8H,6H2,1H3. The Labute approximate surface area is 210 Å². The summed E-state index contributed by atoms with van der Waals surface area (Å²) in [6.45, 7) is 6.24. The Balaban J connectivity index is 0.000000302. The summed E-state index contributed by atoms with van der Waals surface area (Å²) in [4.78, 5) is 26.5. The number of hydrogen-bond donors (Lipinski definition) is 1. The van der Waals surface area contributed by atoms with E-state index in [1.807, 2.05) is 19.2 Å². The molecule has 7 nitrogen and oxygen atoms in total. The first-order chi connectivity index (χ1) is 16.3. The number of pyridine rings is 1. The van der Waals surface area contributed by atoms with E-state index in [-0.39, 0.29) is 12.1 Å². The number of nitrogens with one attached hydrogen (secondary N) is 1. The molecule has 2 aromatic rings. The van der Waals surface area contributed by atoms with Gasteiger partial charge in [0.2, 0.25) is 0 Å². The number of halogens is 1. The third-order valence-electron chi connectivity index (χ3n) is 6.99. The SMILES string of the molecule is CC1CC2CC(C1)CC(C)(CCOc1cnn(CC=O)c(=O)c1Br)C2.CNCc1ccncc1. The smallest absolute Gasteiger partial charge is 0.285 e. The Morgan fingerprint density at radius 3 is 2.53 bits per heavy atom. The Kier molecular flexibility index (Phi) is 9.83. The number of aromatic nitrogens is 3. The minimum atomic E-state index is -0.336. The van der Waals surface area contributed by atoms with Crippen molar-refractivity contribution in [1.82, 2.24) is 20.1 Å². The number of carbonyl (C=O) groups excluding carboxylic acids is 1. The van der Waals surface area contributed by atoms with Crippen molar-refractivity contribution in [2.24, 2.45) is 23.2 Å². The number of hydrogen-bond acceptors (Lipinski definition) is 6. The van der Waals surface area contributed by atoms with Crippen molar-refractivity contribution in [1.29, 1.82) is 0 Å². The van der Waals surface area contributed by atoms with Crippen molar-refractivity contribution in [3.8, 4) is 5.75 Å². The number of rotatable bonds is 8. The average molecular weight is 534 g/mol. The van der Waals surface area contributed by atoms with Gasteiger partial charge in [0.1, 0.15) is 17.3 Å². The summed E-state index contributed by atoms with van der Waals surface area (Å²) in [7, 11) is 1.93. The second kappa shape index (κ2) is 12.6. The van der Waals surface area contributed by atoms with Gasteiger partial charge in [-0.1, -0.05) is 13.8 Å². The lowest BCUT2D eigenvalue weighted by Gasteiger charge is -2.47. The fourth-order valence-electron chi connectivity index (χ4n) is 5.78. The zero-order valence-corrected chi connectivity index (χ0v) is 22.1. The van der Waals surface area contributed by atoms with Gasteiger partial charge in [0.05, 0.1) is 12.8 Å². The van der Waals surface area contributed by atoms with Crippen LogP contribution in [0.5, 0.6) is 5.75 Å². The predicted molar refractivity (Wildman–Crippen MR) is 137 cm³/mol. The normalized spacial score (nSPS) is 25.7. The van der Waals surface area contributed by atoms with Gasteiger partial charge in [-0.2, -0.15) is 5.10 Å². The van der Waals surface area contributed by atoms with E-state index in [0.29, 0.717) is 28.5 Å². The third-order valence-corrected chi connectivity index (χ3v) is 7.72. The van der Waals surface area contributed by atoms with E-state index >= 15 is 0 Å². The topological polar surface area (TPSA) is 86.1 Å². The minimum absolute atomic E-state index is 0.0447. The van der Waals surface area contributed by atoms with Crippen LogP contribution in [0.1, 0.15) is 57.9 Å². The molecule has 1 N–H and O–H groups in total. The molecule has 0 saturated heterocycles. The van der Waals surface area contributed by atoms with Gasteiger partial charge in [0.25, 0.3) is 5.56 Å². The molecule has 2 atom stereocenters. The third kappa shape index (κ3) is 7.47. The maximum absolute atomic E-state index is 12.1. The highest BCUT2D eigenvalue weighted by atomic mass is 79.9. The van der Waals surface area contributed by atoms with Crippen molar-refractivity contribution < 1.29 is 9.53 Å². The van der Waals surface area contributed by atoms with Crippen molar-refractivity contribution >= 4 is 22.2 Å². The number of carbonyl (C=O) groups is 1. The second-order valence-corrected chi connectivity index (χ2v) is 11.0. The maximum Gasteiger partial charge on any atom is 0.285 e. The molecule has 0 spiro atoms. The predicted octanol–water partition coefficient (Wildman–Crippen LogP) is 4.63. The number of nitrogens with zero attached hydrogens (tertiary/aromatic N) is 3. The molecule has 0 aromatic carbocycles. The molecule has 2 saturated carbocycles. The highest BCUT2D eigenvalue weighted by molar-refractivity contribution is 9.10. The molecule has 186 valence electrons. The monoisotopic (exact) mass is 532 g/mol. The quantitative estimate of drug-likeness (QED) is 0.499. The van der Waals surface area contributed by atoms with E-state index < -0.39 is 0 Å². The lowest BCUT2D eigenvalue weighted by atomic mass is 9.59. The fourth-order valence-corrected chi connectivity index (χ4v) is 6.20. The molecule has 2 fully saturated rings. The Bertz CT molecular complexity index is 964. The fraction of sp³-hybridized carbons (Fsp3) is 0.615. The molecule has 2 bridgehead atoms. The summed E-state index contributed by atoms with van der Waals surface area (Å²) in [5, 5.41) is 7.04. The Morgan fingerprint density at radius 2 is 1.91 bits per heavy atom. The van der Waals surface area contributed by atoms with Crippen molar-refractivity contribution in [2.75, 3.05) is 13.7 Å². The van der Waals surface area contributed by atoms with Crippen LogP contribution in [-0.2, 0) is 17.9 Å². The molecule has 0 aliphatic heterocycles. The number of fused-ring (bicyclic) bond motifs is 2. The molecule has 0 radical (unpaired) electrons. The molecule has 8 heteroatoms. The van der Waals surface area contributed by atoms with Gasteiger partial charge in [-0.3, -0.25) is 9.78 Å². The van der Waals surface area contributed by atoms with Crippen LogP contribution in [0.25, 0.3) is 0 Å². The molecular weight excluding hydrogens is 496 g/mol. The molecule has 2 heterocycles. The summed E-state index contributed by atoms with van der Waals surface area (Å²) < 4.78 is 7.31. The maximum atomic E-state index is 12.1. The lowest BCUT2D eigenvalue weighted by Crippen LogP contribution is -2.37. The van der Waals surface area contributed by atoms with E-state index in [0.717, 1.165) is 35.4 Å². The highest BCUT2D eigenvalue weighted by Gasteiger charge is 2.40. The van der Waals surface area contributed by atoms with Crippen LogP contribution in [0, 0.1) is 23.2 Å². The van der Waals surface area contributed by atoms with Crippen molar-refractivity contribution in [3.05, 3.63) is 51.1 Å². The molecule has 2 aliphatic carbocycles. The van der Waals surface area contributed by atoms with Gasteiger partial charge in [-0.05, 0) is 102 Å². The van der Waals surface area contributed by atoms with E-state index in [4.69, 9.17) is 4.74 Å². The van der Waals surface area contributed by atoms with Gasteiger partial charge in [-0.15, -0.1) is 0 Å². The first kappa shape index (κ1) is 26.5. The van der Waals surface area contributed by atoms with Crippen LogP contribution in [-0.4, -0.2) is 34.7 Å². The summed E-state index contributed by atoms with van der Waals surface area (Å²) >= 11 is 3.27. The molecule has 34 heavy (non-hydrogen) atoms. The van der Waals surface area contributed by atoms with Crippen LogP contribution in [0.4, 0.5) is 0 Å². The van der Waals surface area contributed by atoms with E-state index in [2.05, 4.69) is 45.2 Å². The van der Waals surface area contributed by atoms with Gasteiger partial charge < -0.3 is 14.8 Å². The molecule has 4 rings (SSSR count). The molecular formula is C26H37BrN4O3. The van der Waals surface area contributed by atoms with Crippen LogP contribution in [0.15, 0.2) is 40.0 Å². The van der Waals surface area contributed by atoms with Gasteiger partial charge in [0, 0.05) is 18.9 Å². The van der Waals surface area contributed by atoms with Crippen molar-refractivity contribution in [2.45, 2.75) is 65.5 Å². The highest BCUT2D eigenvalue weighted by Crippen LogP contribution is 2.51. The largest absolute Gasteiger partial charge is 0.490 e. The molecule has 2 unspecified atom stereocenters. The summed E-state index contributed by atoms with van der Waals surface area (Å²) in [5.41, 5.74) is 1.27. The summed E-state index contributed by atoms with van der Waals surface area (Å²) in [5.74, 6) is 3.08. The lowest BCUT2D eigenvalue weighted by molar-refractivity contribution is -0.108. The molecule has 2 aromatic heterocycles. The summed E-state index contributed by atoms with van der Waals surface area (Å²) in [6, 6.07) is 3.99. The van der Waals surface area contributed by atoms with E-state index in [1.165, 1.54) is 43.9 Å². The van der Waals surface area contributed by atoms with Gasteiger partial charge in [-0.25, -0.2) is 4.68 Å². The van der Waals surface area contributed by atoms with Crippen LogP contribution < -0.4 is 15.6 Å². The van der Waals surface area contributed by atoms with Crippen LogP contribution in [0.3, 0.4) is 0 Å². The molecule has 2 aliphatic rings. The second-order valence-electron chi connectivity index (χ2n) is 10.2. The Hall–Kier alpha value is -2.06. The first-order valence-electron chi connectivity index (χ1n) is 12.2. The summed E-state index contributed by atoms with van der Waals surface area (Å²) in [6.07, 6.45) is 13.5. The minimum Gasteiger partial charge on any atom is -0.490 e. The van der Waals surface area contributed by atoms with Crippen LogP contribution >= 0.6 is 15.9 Å². The van der Waals surface area contributed by atoms with Gasteiger partial charge >= 0.3 is 0 Å². The van der Waals surface area contributed by atoms with E-state index in [1.54, 1.807) is 12.4 Å².